The molecule has 2 aliphatic rings. The van der Waals surface area contributed by atoms with Crippen LogP contribution in [-0.4, -0.2) is 31.5 Å². The van der Waals surface area contributed by atoms with E-state index < -0.39 is 18.4 Å². The van der Waals surface area contributed by atoms with Gasteiger partial charge in [-0.1, -0.05) is 30.3 Å². The van der Waals surface area contributed by atoms with Gasteiger partial charge in [0.05, 0.1) is 29.9 Å². The summed E-state index contributed by atoms with van der Waals surface area (Å²) < 4.78 is 49.6. The number of halogens is 3. The monoisotopic (exact) mass is 416 g/mol. The fourth-order valence-corrected chi connectivity index (χ4v) is 4.64. The second-order valence-electron chi connectivity index (χ2n) is 7.95. The van der Waals surface area contributed by atoms with E-state index in [2.05, 4.69) is 23.5 Å². The summed E-state index contributed by atoms with van der Waals surface area (Å²) >= 11 is 0. The van der Waals surface area contributed by atoms with Gasteiger partial charge in [-0.05, 0) is 49.6 Å². The molecule has 2 heterocycles. The van der Waals surface area contributed by atoms with Crippen molar-refractivity contribution in [2.45, 2.75) is 43.0 Å². The van der Waals surface area contributed by atoms with Crippen LogP contribution in [0.5, 0.6) is 5.75 Å². The van der Waals surface area contributed by atoms with E-state index in [1.54, 1.807) is 6.07 Å². The van der Waals surface area contributed by atoms with Gasteiger partial charge in [-0.2, -0.15) is 18.4 Å². The van der Waals surface area contributed by atoms with Crippen molar-refractivity contribution < 1.29 is 22.6 Å². The predicted molar refractivity (Wildman–Crippen MR) is 105 cm³/mol. The van der Waals surface area contributed by atoms with Gasteiger partial charge in [0.2, 0.25) is 0 Å². The van der Waals surface area contributed by atoms with Crippen molar-refractivity contribution in [1.82, 2.24) is 5.32 Å². The number of nitrogens with zero attached hydrogens (tertiary/aromatic N) is 1. The molecule has 2 saturated heterocycles. The summed E-state index contributed by atoms with van der Waals surface area (Å²) in [5, 5.41) is 12.8. The molecule has 4 rings (SSSR count). The van der Waals surface area contributed by atoms with Crippen LogP contribution in [0.3, 0.4) is 0 Å². The molecule has 2 fully saturated rings. The van der Waals surface area contributed by atoms with Crippen LogP contribution in [0, 0.1) is 11.3 Å². The summed E-state index contributed by atoms with van der Waals surface area (Å²) in [6.07, 6.45) is -1.94. The minimum Gasteiger partial charge on any atom is -0.484 e. The normalized spacial score (nSPS) is 26.5. The van der Waals surface area contributed by atoms with E-state index >= 15 is 0 Å². The zero-order valence-electron chi connectivity index (χ0n) is 16.4. The molecule has 0 aliphatic carbocycles. The van der Waals surface area contributed by atoms with Gasteiger partial charge in [-0.25, -0.2) is 0 Å². The Morgan fingerprint density at radius 1 is 1.20 bits per heavy atom. The minimum absolute atomic E-state index is 0.0103. The van der Waals surface area contributed by atoms with E-state index in [1.807, 2.05) is 18.2 Å². The van der Waals surface area contributed by atoms with Crippen molar-refractivity contribution in [3.63, 3.8) is 0 Å². The zero-order chi connectivity index (χ0) is 21.2. The van der Waals surface area contributed by atoms with E-state index in [-0.39, 0.29) is 17.7 Å². The maximum Gasteiger partial charge on any atom is 0.422 e. The lowest BCUT2D eigenvalue weighted by Gasteiger charge is -2.41. The van der Waals surface area contributed by atoms with Crippen LogP contribution in [0.25, 0.3) is 0 Å². The Kier molecular flexibility index (Phi) is 5.72. The van der Waals surface area contributed by atoms with E-state index in [0.717, 1.165) is 24.9 Å². The third-order valence-corrected chi connectivity index (χ3v) is 5.92. The number of ether oxygens (including phenoxy) is 2. The first-order valence-electron chi connectivity index (χ1n) is 10.1. The van der Waals surface area contributed by atoms with Crippen LogP contribution in [-0.2, 0) is 4.74 Å². The first-order valence-corrected chi connectivity index (χ1v) is 10.1. The molecule has 158 valence electrons. The Balaban J connectivity index is 1.62. The highest BCUT2D eigenvalue weighted by Crippen LogP contribution is 2.49. The lowest BCUT2D eigenvalue weighted by molar-refractivity contribution is -0.153. The molecule has 0 radical (unpaired) electrons. The Morgan fingerprint density at radius 2 is 2.00 bits per heavy atom. The van der Waals surface area contributed by atoms with Gasteiger partial charge in [-0.15, -0.1) is 0 Å². The number of alkyl halides is 3. The molecule has 0 unspecified atom stereocenters. The van der Waals surface area contributed by atoms with E-state index in [9.17, 15) is 18.4 Å². The number of benzene rings is 2. The molecule has 7 heteroatoms. The number of nitrogens with one attached hydrogen (secondary N) is 1. The van der Waals surface area contributed by atoms with Crippen molar-refractivity contribution in [3.05, 3.63) is 65.2 Å². The lowest BCUT2D eigenvalue weighted by atomic mass is 9.76. The molecule has 3 atom stereocenters. The van der Waals surface area contributed by atoms with Gasteiger partial charge >= 0.3 is 6.18 Å². The minimum atomic E-state index is -4.43. The Hall–Kier alpha value is -2.56. The largest absolute Gasteiger partial charge is 0.484 e. The summed E-state index contributed by atoms with van der Waals surface area (Å²) in [6.45, 7) is -0.0969. The van der Waals surface area contributed by atoms with Crippen LogP contribution in [0.4, 0.5) is 13.2 Å². The van der Waals surface area contributed by atoms with Crippen LogP contribution in [0.2, 0.25) is 0 Å². The average Bonchev–Trinajstić information content (AvgIpc) is 3.16. The molecule has 1 spiro atoms. The van der Waals surface area contributed by atoms with Gasteiger partial charge in [0, 0.05) is 11.5 Å². The van der Waals surface area contributed by atoms with E-state index in [0.29, 0.717) is 24.2 Å². The van der Waals surface area contributed by atoms with Gasteiger partial charge in [-0.3, -0.25) is 0 Å². The molecule has 0 bridgehead atoms. The number of hydrogen-bond acceptors (Lipinski definition) is 4. The quantitative estimate of drug-likeness (QED) is 0.773. The van der Waals surface area contributed by atoms with Crippen LogP contribution >= 0.6 is 0 Å². The van der Waals surface area contributed by atoms with E-state index in [1.165, 1.54) is 12.1 Å². The smallest absolute Gasteiger partial charge is 0.422 e. The average molecular weight is 416 g/mol. The van der Waals surface area contributed by atoms with Crippen LogP contribution < -0.4 is 10.1 Å². The topological polar surface area (TPSA) is 54.3 Å². The Bertz CT molecular complexity index is 926. The standard InChI is InChI=1S/C23H23F3N2O2/c24-23(25,26)15-29-20-8-7-16(13-27)11-19(20)18-12-22(30-14-18)9-4-10-28-21(22)17-5-2-1-3-6-17/h1-3,5-8,11,18,21,28H,4,9-10,12,14-15H2/t18-,21-,22+/m0/s1. The van der Waals surface area contributed by atoms with Gasteiger partial charge < -0.3 is 14.8 Å². The molecule has 30 heavy (non-hydrogen) atoms. The first kappa shape index (κ1) is 20.7. The highest BCUT2D eigenvalue weighted by Gasteiger charge is 2.49. The maximum atomic E-state index is 12.7. The van der Waals surface area contributed by atoms with Crippen molar-refractivity contribution in [2.24, 2.45) is 0 Å². The van der Waals surface area contributed by atoms with Crippen LogP contribution in [0.15, 0.2) is 48.5 Å². The third kappa shape index (κ3) is 4.30. The predicted octanol–water partition coefficient (Wildman–Crippen LogP) is 4.87. The van der Waals surface area contributed by atoms with Crippen LogP contribution in [0.1, 0.15) is 47.9 Å². The van der Waals surface area contributed by atoms with Gasteiger partial charge in [0.15, 0.2) is 6.61 Å². The van der Waals surface area contributed by atoms with Crippen molar-refractivity contribution in [1.29, 1.82) is 5.26 Å². The molecule has 1 N–H and O–H groups in total. The molecule has 2 aromatic rings. The molecule has 2 aromatic carbocycles. The molecule has 0 saturated carbocycles. The highest BCUT2D eigenvalue weighted by atomic mass is 19.4. The lowest BCUT2D eigenvalue weighted by Crippen LogP contribution is -2.48. The fourth-order valence-electron chi connectivity index (χ4n) is 4.64. The molecular weight excluding hydrogens is 393 g/mol. The first-order chi connectivity index (χ1) is 14.4. The molecule has 0 aromatic heterocycles. The molecule has 0 amide bonds. The van der Waals surface area contributed by atoms with Crippen molar-refractivity contribution in [3.8, 4) is 11.8 Å². The zero-order valence-corrected chi connectivity index (χ0v) is 16.4. The summed E-state index contributed by atoms with van der Waals surface area (Å²) in [4.78, 5) is 0. The Morgan fingerprint density at radius 3 is 2.73 bits per heavy atom. The number of rotatable bonds is 4. The summed E-state index contributed by atoms with van der Waals surface area (Å²) in [6, 6.07) is 16.7. The molecule has 4 nitrogen and oxygen atoms in total. The van der Waals surface area contributed by atoms with E-state index in [4.69, 9.17) is 9.47 Å². The highest BCUT2D eigenvalue weighted by molar-refractivity contribution is 5.45. The number of hydrogen-bond donors (Lipinski definition) is 1. The summed E-state index contributed by atoms with van der Waals surface area (Å²) in [5.41, 5.74) is 1.70. The Labute approximate surface area is 173 Å². The maximum absolute atomic E-state index is 12.7. The molecule has 2 aliphatic heterocycles. The summed E-state index contributed by atoms with van der Waals surface area (Å²) in [7, 11) is 0. The van der Waals surface area contributed by atoms with Gasteiger partial charge in [0.1, 0.15) is 5.75 Å². The third-order valence-electron chi connectivity index (χ3n) is 5.92. The second kappa shape index (κ2) is 8.29. The second-order valence-corrected chi connectivity index (χ2v) is 7.95. The number of piperidine rings is 1. The number of nitriles is 1. The fraction of sp³-hybridized carbons (Fsp3) is 0.435. The SMILES string of the molecule is N#Cc1ccc(OCC(F)(F)F)c([C@@H]2CO[C@]3(CCCN[C@H]3c3ccccc3)C2)c1. The summed E-state index contributed by atoms with van der Waals surface area (Å²) in [5.74, 6) is 0.0182. The molecular formula is C23H23F3N2O2. The van der Waals surface area contributed by atoms with Crippen molar-refractivity contribution >= 4 is 0 Å². The van der Waals surface area contributed by atoms with Gasteiger partial charge in [0.25, 0.3) is 0 Å². The van der Waals surface area contributed by atoms with Crippen molar-refractivity contribution in [2.75, 3.05) is 19.8 Å².